The summed E-state index contributed by atoms with van der Waals surface area (Å²) in [5.41, 5.74) is 6.31. The summed E-state index contributed by atoms with van der Waals surface area (Å²) in [6.07, 6.45) is 0.615. The highest BCUT2D eigenvalue weighted by Gasteiger charge is 2.22. The smallest absolute Gasteiger partial charge is 0.336 e. The molecular formula is C12H16BrNO3. The lowest BCUT2D eigenvalue weighted by Gasteiger charge is -2.18. The van der Waals surface area contributed by atoms with Crippen LogP contribution < -0.4 is 5.73 Å². The number of rotatable bonds is 4. The number of hydrogen-bond acceptors (Lipinski definition) is 3. The highest BCUT2D eigenvalue weighted by Crippen LogP contribution is 2.36. The zero-order chi connectivity index (χ0) is 13.2. The number of phenolic OH excluding ortho intramolecular Hbond substituents is 1. The minimum atomic E-state index is -1.08. The Morgan fingerprint density at radius 1 is 1.47 bits per heavy atom. The van der Waals surface area contributed by atoms with Gasteiger partial charge in [0.15, 0.2) is 0 Å². The summed E-state index contributed by atoms with van der Waals surface area (Å²) in [4.78, 5) is 11.1. The van der Waals surface area contributed by atoms with E-state index < -0.39 is 12.0 Å². The molecule has 0 unspecified atom stereocenters. The van der Waals surface area contributed by atoms with Crippen LogP contribution in [0.1, 0.15) is 42.2 Å². The number of aromatic hydroxyl groups is 1. The number of carboxylic acid groups (broad SMARTS) is 1. The summed E-state index contributed by atoms with van der Waals surface area (Å²) in [6.45, 7) is 3.99. The van der Waals surface area contributed by atoms with Crippen molar-refractivity contribution in [2.45, 2.75) is 26.3 Å². The second-order valence-electron chi connectivity index (χ2n) is 4.40. The molecule has 0 amide bonds. The van der Waals surface area contributed by atoms with Crippen molar-refractivity contribution in [2.75, 3.05) is 0 Å². The van der Waals surface area contributed by atoms with Gasteiger partial charge in [-0.3, -0.25) is 0 Å². The first-order valence-electron chi connectivity index (χ1n) is 5.34. The van der Waals surface area contributed by atoms with E-state index in [4.69, 9.17) is 10.8 Å². The van der Waals surface area contributed by atoms with Crippen LogP contribution in [-0.4, -0.2) is 16.2 Å². The Morgan fingerprint density at radius 2 is 2.06 bits per heavy atom. The van der Waals surface area contributed by atoms with Crippen molar-refractivity contribution >= 4 is 21.9 Å². The van der Waals surface area contributed by atoms with Crippen molar-refractivity contribution < 1.29 is 15.0 Å². The van der Waals surface area contributed by atoms with Crippen LogP contribution in [-0.2, 0) is 0 Å². The number of halogens is 1. The molecule has 0 aromatic heterocycles. The Labute approximate surface area is 109 Å². The summed E-state index contributed by atoms with van der Waals surface area (Å²) < 4.78 is 0.455. The van der Waals surface area contributed by atoms with Gasteiger partial charge in [0.25, 0.3) is 0 Å². The van der Waals surface area contributed by atoms with Crippen molar-refractivity contribution in [1.82, 2.24) is 0 Å². The normalized spacial score (nSPS) is 12.8. The molecule has 4 nitrogen and oxygen atoms in total. The van der Waals surface area contributed by atoms with Crippen LogP contribution in [0.25, 0.3) is 0 Å². The minimum absolute atomic E-state index is 0.0545. The zero-order valence-corrected chi connectivity index (χ0v) is 11.4. The zero-order valence-electron chi connectivity index (χ0n) is 9.77. The monoisotopic (exact) mass is 301 g/mol. The maximum absolute atomic E-state index is 11.1. The Kier molecular flexibility index (Phi) is 4.54. The molecule has 0 saturated carbocycles. The fourth-order valence-electron chi connectivity index (χ4n) is 1.77. The summed E-state index contributed by atoms with van der Waals surface area (Å²) in [6, 6.07) is 2.46. The average molecular weight is 302 g/mol. The Morgan fingerprint density at radius 3 is 2.53 bits per heavy atom. The van der Waals surface area contributed by atoms with Crippen LogP contribution in [0, 0.1) is 5.92 Å². The van der Waals surface area contributed by atoms with Crippen LogP contribution in [0.5, 0.6) is 5.75 Å². The molecule has 17 heavy (non-hydrogen) atoms. The van der Waals surface area contributed by atoms with Crippen molar-refractivity contribution in [2.24, 2.45) is 11.7 Å². The van der Waals surface area contributed by atoms with Crippen molar-refractivity contribution in [1.29, 1.82) is 0 Å². The van der Waals surface area contributed by atoms with Crippen LogP contribution in [0.2, 0.25) is 0 Å². The van der Waals surface area contributed by atoms with Gasteiger partial charge in [-0.25, -0.2) is 4.79 Å². The maximum atomic E-state index is 11.1. The lowest BCUT2D eigenvalue weighted by atomic mass is 9.93. The first kappa shape index (κ1) is 14.0. The number of aromatic carboxylic acids is 1. The van der Waals surface area contributed by atoms with Crippen molar-refractivity contribution in [3.05, 3.63) is 27.7 Å². The fraction of sp³-hybridized carbons (Fsp3) is 0.417. The molecule has 0 fully saturated rings. The van der Waals surface area contributed by atoms with E-state index in [0.717, 1.165) is 0 Å². The fourth-order valence-corrected chi connectivity index (χ4v) is 2.11. The van der Waals surface area contributed by atoms with Crippen LogP contribution in [0.4, 0.5) is 0 Å². The first-order valence-corrected chi connectivity index (χ1v) is 6.14. The van der Waals surface area contributed by atoms with Gasteiger partial charge < -0.3 is 15.9 Å². The van der Waals surface area contributed by atoms with E-state index in [1.807, 2.05) is 13.8 Å². The molecule has 0 bridgehead atoms. The van der Waals surface area contributed by atoms with Gasteiger partial charge in [-0.2, -0.15) is 0 Å². The van der Waals surface area contributed by atoms with Gasteiger partial charge in [0, 0.05) is 11.6 Å². The molecule has 0 aliphatic rings. The Balaban J connectivity index is 3.27. The Hall–Kier alpha value is -1.07. The third kappa shape index (κ3) is 3.20. The molecule has 1 aromatic carbocycles. The highest BCUT2D eigenvalue weighted by atomic mass is 79.9. The second-order valence-corrected chi connectivity index (χ2v) is 5.25. The number of phenols is 1. The molecule has 0 radical (unpaired) electrons. The molecule has 0 aliphatic carbocycles. The van der Waals surface area contributed by atoms with E-state index in [-0.39, 0.29) is 11.3 Å². The van der Waals surface area contributed by atoms with Crippen LogP contribution in [0.15, 0.2) is 16.6 Å². The van der Waals surface area contributed by atoms with Gasteiger partial charge in [-0.1, -0.05) is 13.8 Å². The highest BCUT2D eigenvalue weighted by molar-refractivity contribution is 9.10. The van der Waals surface area contributed by atoms with E-state index in [9.17, 15) is 9.90 Å². The van der Waals surface area contributed by atoms with E-state index in [2.05, 4.69) is 15.9 Å². The quantitative estimate of drug-likeness (QED) is 0.798. The number of benzene rings is 1. The molecule has 0 heterocycles. The van der Waals surface area contributed by atoms with E-state index in [1.165, 1.54) is 12.1 Å². The molecule has 4 N–H and O–H groups in total. The lowest BCUT2D eigenvalue weighted by Crippen LogP contribution is -2.17. The predicted molar refractivity (Wildman–Crippen MR) is 69.1 cm³/mol. The summed E-state index contributed by atoms with van der Waals surface area (Å²) in [5, 5.41) is 19.0. The summed E-state index contributed by atoms with van der Waals surface area (Å²) >= 11 is 3.17. The molecule has 0 spiro atoms. The second kappa shape index (κ2) is 5.51. The summed E-state index contributed by atoms with van der Waals surface area (Å²) in [7, 11) is 0. The topological polar surface area (TPSA) is 83.6 Å². The van der Waals surface area contributed by atoms with Gasteiger partial charge in [-0.05, 0) is 40.4 Å². The molecule has 1 rings (SSSR count). The predicted octanol–water partition coefficient (Wildman–Crippen LogP) is 2.90. The standard InChI is InChI=1S/C12H16BrNO3/c1-6(2)5-9(14)10-7(12(16)17)3-4-8(13)11(10)15/h3-4,6,9,15H,5,14H2,1-2H3,(H,16,17)/t9-/m0/s1. The SMILES string of the molecule is CC(C)C[C@H](N)c1c(C(=O)O)ccc(Br)c1O. The molecule has 5 heteroatoms. The van der Waals surface area contributed by atoms with E-state index in [0.29, 0.717) is 22.4 Å². The largest absolute Gasteiger partial charge is 0.506 e. The van der Waals surface area contributed by atoms with Gasteiger partial charge in [0.05, 0.1) is 10.0 Å². The number of carboxylic acids is 1. The minimum Gasteiger partial charge on any atom is -0.506 e. The molecular weight excluding hydrogens is 286 g/mol. The molecule has 0 aliphatic heterocycles. The average Bonchev–Trinajstić information content (AvgIpc) is 2.20. The third-order valence-corrected chi connectivity index (χ3v) is 3.13. The van der Waals surface area contributed by atoms with Gasteiger partial charge >= 0.3 is 5.97 Å². The van der Waals surface area contributed by atoms with Crippen LogP contribution >= 0.6 is 15.9 Å². The van der Waals surface area contributed by atoms with Gasteiger partial charge in [0.1, 0.15) is 5.75 Å². The Bertz CT molecular complexity index is 432. The number of nitrogens with two attached hydrogens (primary N) is 1. The van der Waals surface area contributed by atoms with Gasteiger partial charge in [-0.15, -0.1) is 0 Å². The lowest BCUT2D eigenvalue weighted by molar-refractivity contribution is 0.0694. The van der Waals surface area contributed by atoms with E-state index >= 15 is 0 Å². The number of hydrogen-bond donors (Lipinski definition) is 3. The summed E-state index contributed by atoms with van der Waals surface area (Å²) in [5.74, 6) is -0.843. The van der Waals surface area contributed by atoms with Gasteiger partial charge in [0.2, 0.25) is 0 Å². The van der Waals surface area contributed by atoms with E-state index in [1.54, 1.807) is 0 Å². The molecule has 0 saturated heterocycles. The first-order chi connectivity index (χ1) is 7.84. The maximum Gasteiger partial charge on any atom is 0.336 e. The van der Waals surface area contributed by atoms with Crippen molar-refractivity contribution in [3.8, 4) is 5.75 Å². The van der Waals surface area contributed by atoms with Crippen LogP contribution in [0.3, 0.4) is 0 Å². The third-order valence-electron chi connectivity index (χ3n) is 2.49. The molecule has 1 atom stereocenters. The van der Waals surface area contributed by atoms with Crippen molar-refractivity contribution in [3.63, 3.8) is 0 Å². The molecule has 1 aromatic rings. The molecule has 94 valence electrons. The number of carbonyl (C=O) groups is 1.